The maximum absolute atomic E-state index is 3.47. The smallest absolute Gasteiger partial charge is 0.0319 e. The summed E-state index contributed by atoms with van der Waals surface area (Å²) < 4.78 is 0. The van der Waals surface area contributed by atoms with Crippen LogP contribution < -0.4 is 10.9 Å². The van der Waals surface area contributed by atoms with Gasteiger partial charge in [0.25, 0.3) is 0 Å². The lowest BCUT2D eigenvalue weighted by atomic mass is 9.82. The molecule has 16 heavy (non-hydrogen) atoms. The number of hydrazine groups is 1. The Morgan fingerprint density at radius 1 is 1.12 bits per heavy atom. The number of hydrogen-bond donors (Lipinski definition) is 2. The summed E-state index contributed by atoms with van der Waals surface area (Å²) >= 11 is 0. The molecule has 0 fully saturated rings. The summed E-state index contributed by atoms with van der Waals surface area (Å²) in [6.07, 6.45) is 8.56. The van der Waals surface area contributed by atoms with Gasteiger partial charge in [-0.25, -0.2) is 5.43 Å². The largest absolute Gasteiger partial charge is 0.325 e. The highest BCUT2D eigenvalue weighted by Crippen LogP contribution is 2.26. The Hall–Kier alpha value is -0.500. The van der Waals surface area contributed by atoms with Gasteiger partial charge in [-0.2, -0.15) is 0 Å². The van der Waals surface area contributed by atoms with E-state index in [2.05, 4.69) is 51.5 Å². The maximum Gasteiger partial charge on any atom is 0.0319 e. The number of nitrogens with one attached hydrogen (secondary N) is 2. The van der Waals surface area contributed by atoms with E-state index < -0.39 is 0 Å². The van der Waals surface area contributed by atoms with Gasteiger partial charge in [0, 0.05) is 11.2 Å². The Balaban J connectivity index is 2.38. The van der Waals surface area contributed by atoms with Crippen molar-refractivity contribution in [1.29, 1.82) is 0 Å². The van der Waals surface area contributed by atoms with E-state index in [1.165, 1.54) is 31.4 Å². The number of allylic oxidation sites excluding steroid dienone is 2. The molecule has 0 atom stereocenters. The zero-order chi connectivity index (χ0) is 12.2. The molecule has 2 N–H and O–H groups in total. The molecule has 2 heteroatoms. The molecule has 1 aliphatic carbocycles. The van der Waals surface area contributed by atoms with Gasteiger partial charge in [-0.05, 0) is 51.4 Å². The van der Waals surface area contributed by atoms with Gasteiger partial charge in [0.1, 0.15) is 0 Å². The molecule has 0 saturated carbocycles. The van der Waals surface area contributed by atoms with Crippen LogP contribution in [0.25, 0.3) is 0 Å². The molecule has 1 rings (SSSR count). The predicted molar refractivity (Wildman–Crippen MR) is 71.0 cm³/mol. The summed E-state index contributed by atoms with van der Waals surface area (Å²) in [7, 11) is 0. The molecule has 0 aromatic heterocycles. The number of rotatable bonds is 4. The zero-order valence-electron chi connectivity index (χ0n) is 11.6. The second kappa shape index (κ2) is 5.22. The molecule has 1 aliphatic rings. The van der Waals surface area contributed by atoms with Crippen LogP contribution in [0.2, 0.25) is 0 Å². The van der Waals surface area contributed by atoms with E-state index in [9.17, 15) is 0 Å². The first kappa shape index (κ1) is 13.6. The van der Waals surface area contributed by atoms with E-state index >= 15 is 0 Å². The van der Waals surface area contributed by atoms with Crippen molar-refractivity contribution in [2.45, 2.75) is 72.3 Å². The second-order valence-electron chi connectivity index (χ2n) is 6.85. The van der Waals surface area contributed by atoms with Crippen molar-refractivity contribution in [3.63, 3.8) is 0 Å². The monoisotopic (exact) mass is 224 g/mol. The van der Waals surface area contributed by atoms with Gasteiger partial charge in [0.15, 0.2) is 0 Å². The average molecular weight is 224 g/mol. The minimum atomic E-state index is 0.135. The fraction of sp³-hybridized carbons (Fsp3) is 0.857. The topological polar surface area (TPSA) is 24.1 Å². The van der Waals surface area contributed by atoms with E-state index in [1.54, 1.807) is 0 Å². The zero-order valence-corrected chi connectivity index (χ0v) is 11.6. The first-order valence-electron chi connectivity index (χ1n) is 6.51. The predicted octanol–water partition coefficient (Wildman–Crippen LogP) is 3.75. The summed E-state index contributed by atoms with van der Waals surface area (Å²) in [5.41, 5.74) is 8.73. The van der Waals surface area contributed by atoms with Crippen LogP contribution in [0.1, 0.15) is 66.7 Å². The van der Waals surface area contributed by atoms with E-state index in [0.717, 1.165) is 6.42 Å². The molecule has 0 radical (unpaired) electrons. The Kier molecular flexibility index (Phi) is 4.43. The Morgan fingerprint density at radius 3 is 2.31 bits per heavy atom. The third kappa shape index (κ3) is 5.55. The lowest BCUT2D eigenvalue weighted by Gasteiger charge is -2.34. The molecule has 0 amide bonds. The van der Waals surface area contributed by atoms with Crippen LogP contribution in [0.4, 0.5) is 0 Å². The first-order chi connectivity index (χ1) is 7.29. The molecule has 2 nitrogen and oxygen atoms in total. The molecule has 0 saturated heterocycles. The molecule has 0 spiro atoms. The maximum atomic E-state index is 3.47. The van der Waals surface area contributed by atoms with Crippen LogP contribution in [0.5, 0.6) is 0 Å². The highest BCUT2D eigenvalue weighted by atomic mass is 15.4. The van der Waals surface area contributed by atoms with Gasteiger partial charge < -0.3 is 5.43 Å². The first-order valence-corrected chi connectivity index (χ1v) is 6.51. The van der Waals surface area contributed by atoms with E-state index in [1.807, 2.05) is 0 Å². The normalized spacial score (nSPS) is 18.2. The summed E-state index contributed by atoms with van der Waals surface area (Å²) in [6.45, 7) is 11.4. The van der Waals surface area contributed by atoms with Crippen molar-refractivity contribution >= 4 is 0 Å². The van der Waals surface area contributed by atoms with Gasteiger partial charge in [-0.1, -0.05) is 26.8 Å². The van der Waals surface area contributed by atoms with Gasteiger partial charge in [0.2, 0.25) is 0 Å². The summed E-state index contributed by atoms with van der Waals surface area (Å²) in [5, 5.41) is 0. The Morgan fingerprint density at radius 2 is 1.81 bits per heavy atom. The van der Waals surface area contributed by atoms with Crippen LogP contribution in [-0.2, 0) is 0 Å². The lowest BCUT2D eigenvalue weighted by Crippen LogP contribution is -2.49. The van der Waals surface area contributed by atoms with Gasteiger partial charge >= 0.3 is 0 Å². The molecule has 0 heterocycles. The quantitative estimate of drug-likeness (QED) is 0.711. The lowest BCUT2D eigenvalue weighted by molar-refractivity contribution is 0.225. The molecule has 0 aromatic carbocycles. The molecule has 0 aliphatic heterocycles. The Bertz CT molecular complexity index is 246. The van der Waals surface area contributed by atoms with Crippen LogP contribution in [0.15, 0.2) is 11.8 Å². The molecule has 0 aromatic rings. The molecule has 0 unspecified atom stereocenters. The summed E-state index contributed by atoms with van der Waals surface area (Å²) in [6, 6.07) is 0. The van der Waals surface area contributed by atoms with Gasteiger partial charge in [-0.3, -0.25) is 0 Å². The van der Waals surface area contributed by atoms with Crippen molar-refractivity contribution in [3.05, 3.63) is 11.8 Å². The molecular weight excluding hydrogens is 196 g/mol. The van der Waals surface area contributed by atoms with E-state index in [-0.39, 0.29) is 5.54 Å². The van der Waals surface area contributed by atoms with Crippen LogP contribution in [0.3, 0.4) is 0 Å². The third-order valence-corrected chi connectivity index (χ3v) is 2.82. The fourth-order valence-electron chi connectivity index (χ4n) is 2.57. The SMILES string of the molecule is CC(C)(C)CC(C)(C)NNC1=CCCCC1. The van der Waals surface area contributed by atoms with Crippen LogP contribution in [0, 0.1) is 5.41 Å². The third-order valence-electron chi connectivity index (χ3n) is 2.82. The van der Waals surface area contributed by atoms with Crippen molar-refractivity contribution in [2.75, 3.05) is 0 Å². The number of hydrogen-bond acceptors (Lipinski definition) is 2. The highest BCUT2D eigenvalue weighted by Gasteiger charge is 2.25. The molecular formula is C14H28N2. The average Bonchev–Trinajstić information content (AvgIpc) is 2.13. The van der Waals surface area contributed by atoms with Gasteiger partial charge in [-0.15, -0.1) is 0 Å². The highest BCUT2D eigenvalue weighted by molar-refractivity contribution is 5.02. The standard InChI is InChI=1S/C14H28N2/c1-13(2,3)11-14(4,5)16-15-12-9-7-6-8-10-12/h9,15-16H,6-8,10-11H2,1-5H3. The minimum absolute atomic E-state index is 0.135. The van der Waals surface area contributed by atoms with Crippen molar-refractivity contribution in [3.8, 4) is 0 Å². The molecule has 94 valence electrons. The van der Waals surface area contributed by atoms with Crippen molar-refractivity contribution in [2.24, 2.45) is 5.41 Å². The van der Waals surface area contributed by atoms with Crippen LogP contribution in [-0.4, -0.2) is 5.54 Å². The minimum Gasteiger partial charge on any atom is -0.325 e. The van der Waals surface area contributed by atoms with Gasteiger partial charge in [0.05, 0.1) is 0 Å². The molecule has 0 bridgehead atoms. The Labute approximate surface area is 101 Å². The fourth-order valence-corrected chi connectivity index (χ4v) is 2.57. The summed E-state index contributed by atoms with van der Waals surface area (Å²) in [5.74, 6) is 0. The van der Waals surface area contributed by atoms with E-state index in [0.29, 0.717) is 5.41 Å². The van der Waals surface area contributed by atoms with Crippen LogP contribution >= 0.6 is 0 Å². The van der Waals surface area contributed by atoms with E-state index in [4.69, 9.17) is 0 Å². The van der Waals surface area contributed by atoms with Crippen molar-refractivity contribution < 1.29 is 0 Å². The summed E-state index contributed by atoms with van der Waals surface area (Å²) in [4.78, 5) is 0. The second-order valence-corrected chi connectivity index (χ2v) is 6.85. The van der Waals surface area contributed by atoms with Crippen molar-refractivity contribution in [1.82, 2.24) is 10.9 Å².